The van der Waals surface area contributed by atoms with Gasteiger partial charge in [0.25, 0.3) is 0 Å². The molecule has 0 unspecified atom stereocenters. The van der Waals surface area contributed by atoms with Gasteiger partial charge in [0.1, 0.15) is 6.54 Å². The molecule has 0 aromatic heterocycles. The van der Waals surface area contributed by atoms with Crippen LogP contribution in [0.15, 0.2) is 24.3 Å². The van der Waals surface area contributed by atoms with Gasteiger partial charge in [-0.25, -0.2) is 0 Å². The zero-order valence-corrected chi connectivity index (χ0v) is 13.0. The second-order valence-corrected chi connectivity index (χ2v) is 6.10. The van der Waals surface area contributed by atoms with Crippen LogP contribution in [0, 0.1) is 0 Å². The Morgan fingerprint density at radius 2 is 2.14 bits per heavy atom. The average molecular weight is 301 g/mol. The van der Waals surface area contributed by atoms with Crippen LogP contribution in [0.25, 0.3) is 0 Å². The van der Waals surface area contributed by atoms with Gasteiger partial charge in [0.05, 0.1) is 0 Å². The molecule has 5 nitrogen and oxygen atoms in total. The van der Waals surface area contributed by atoms with Crippen molar-refractivity contribution in [1.82, 2.24) is 10.2 Å². The molecule has 22 heavy (non-hydrogen) atoms. The molecule has 0 aliphatic carbocycles. The van der Waals surface area contributed by atoms with E-state index < -0.39 is 0 Å². The molecule has 1 aromatic rings. The van der Waals surface area contributed by atoms with E-state index in [1.807, 2.05) is 30.0 Å². The largest absolute Gasteiger partial charge is 0.336 e. The van der Waals surface area contributed by atoms with Crippen LogP contribution in [-0.2, 0) is 16.0 Å². The molecule has 2 aliphatic heterocycles. The first-order valence-corrected chi connectivity index (χ1v) is 8.05. The molecule has 2 amide bonds. The first kappa shape index (κ1) is 15.0. The van der Waals surface area contributed by atoms with Crippen LogP contribution in [0.5, 0.6) is 0 Å². The molecular weight excluding hydrogens is 278 g/mol. The predicted octanol–water partition coefficient (Wildman–Crippen LogP) is 1.18. The standard InChI is InChI=1S/C17H23N3O2/c1-13-11-18-9-10-19(13)17(22)12-20-15-7-3-2-5-14(15)6-4-8-16(20)21/h2-3,5,7,13,18H,4,6,8-12H2,1H3/t13-/m1/s1. The molecule has 0 radical (unpaired) electrons. The van der Waals surface area contributed by atoms with Gasteiger partial charge in [0.2, 0.25) is 11.8 Å². The first-order valence-electron chi connectivity index (χ1n) is 8.05. The van der Waals surface area contributed by atoms with Gasteiger partial charge in [-0.05, 0) is 31.4 Å². The summed E-state index contributed by atoms with van der Waals surface area (Å²) in [6.45, 7) is 4.54. The van der Waals surface area contributed by atoms with Gasteiger partial charge in [0, 0.05) is 37.8 Å². The van der Waals surface area contributed by atoms with Crippen molar-refractivity contribution < 1.29 is 9.59 Å². The Balaban J connectivity index is 1.80. The summed E-state index contributed by atoms with van der Waals surface area (Å²) >= 11 is 0. The Morgan fingerprint density at radius 1 is 1.32 bits per heavy atom. The lowest BCUT2D eigenvalue weighted by atomic mass is 10.1. The molecule has 3 rings (SSSR count). The van der Waals surface area contributed by atoms with E-state index in [-0.39, 0.29) is 24.4 Å². The maximum absolute atomic E-state index is 12.6. The van der Waals surface area contributed by atoms with Gasteiger partial charge >= 0.3 is 0 Å². The Kier molecular flexibility index (Phi) is 4.43. The lowest BCUT2D eigenvalue weighted by Crippen LogP contribution is -2.55. The molecule has 2 aliphatic rings. The summed E-state index contributed by atoms with van der Waals surface area (Å²) in [6.07, 6.45) is 2.26. The third kappa shape index (κ3) is 2.99. The number of carbonyl (C=O) groups excluding carboxylic acids is 2. The van der Waals surface area contributed by atoms with Crippen LogP contribution in [0.2, 0.25) is 0 Å². The van der Waals surface area contributed by atoms with Crippen LogP contribution in [0.4, 0.5) is 5.69 Å². The normalized spacial score (nSPS) is 22.2. The number of hydrogen-bond acceptors (Lipinski definition) is 3. The Labute approximate surface area is 131 Å². The number of para-hydroxylation sites is 1. The Bertz CT molecular complexity index is 573. The summed E-state index contributed by atoms with van der Waals surface area (Å²) in [5, 5.41) is 3.28. The number of nitrogens with one attached hydrogen (secondary N) is 1. The zero-order valence-electron chi connectivity index (χ0n) is 13.0. The fraction of sp³-hybridized carbons (Fsp3) is 0.529. The zero-order chi connectivity index (χ0) is 15.5. The summed E-state index contributed by atoms with van der Waals surface area (Å²) in [7, 11) is 0. The molecule has 118 valence electrons. The van der Waals surface area contributed by atoms with Crippen molar-refractivity contribution in [2.24, 2.45) is 0 Å². The summed E-state index contributed by atoms with van der Waals surface area (Å²) in [5.41, 5.74) is 2.07. The van der Waals surface area contributed by atoms with Crippen LogP contribution < -0.4 is 10.2 Å². The second kappa shape index (κ2) is 6.48. The van der Waals surface area contributed by atoms with E-state index in [1.165, 1.54) is 0 Å². The van der Waals surface area contributed by atoms with Crippen molar-refractivity contribution in [3.05, 3.63) is 29.8 Å². The second-order valence-electron chi connectivity index (χ2n) is 6.10. The quantitative estimate of drug-likeness (QED) is 0.892. The van der Waals surface area contributed by atoms with Gasteiger partial charge in [-0.3, -0.25) is 9.59 Å². The summed E-state index contributed by atoms with van der Waals surface area (Å²) in [4.78, 5) is 28.6. The van der Waals surface area contributed by atoms with Gasteiger partial charge in [-0.15, -0.1) is 0 Å². The number of piperazine rings is 1. The van der Waals surface area contributed by atoms with E-state index in [4.69, 9.17) is 0 Å². The van der Waals surface area contributed by atoms with E-state index in [9.17, 15) is 9.59 Å². The van der Waals surface area contributed by atoms with Crippen molar-refractivity contribution in [1.29, 1.82) is 0 Å². The molecule has 2 heterocycles. The number of fused-ring (bicyclic) bond motifs is 1. The molecule has 1 aromatic carbocycles. The van der Waals surface area contributed by atoms with Crippen LogP contribution in [-0.4, -0.2) is 48.9 Å². The summed E-state index contributed by atoms with van der Waals surface area (Å²) in [5.74, 6) is 0.0974. The number of benzene rings is 1. The smallest absolute Gasteiger partial charge is 0.242 e. The van der Waals surface area contributed by atoms with Gasteiger partial charge in [-0.1, -0.05) is 18.2 Å². The Morgan fingerprint density at radius 3 is 2.95 bits per heavy atom. The molecule has 1 fully saturated rings. The minimum Gasteiger partial charge on any atom is -0.336 e. The molecule has 0 saturated carbocycles. The molecule has 0 spiro atoms. The maximum atomic E-state index is 12.6. The average Bonchev–Trinajstić information content (AvgIpc) is 2.68. The lowest BCUT2D eigenvalue weighted by Gasteiger charge is -2.35. The SMILES string of the molecule is C[C@@H]1CNCCN1C(=O)CN1C(=O)CCCc2ccccc21. The number of nitrogens with zero attached hydrogens (tertiary/aromatic N) is 2. The van der Waals surface area contributed by atoms with E-state index in [2.05, 4.69) is 11.4 Å². The Hall–Kier alpha value is -1.88. The highest BCUT2D eigenvalue weighted by Gasteiger charge is 2.28. The van der Waals surface area contributed by atoms with Gasteiger partial charge in [-0.2, -0.15) is 0 Å². The predicted molar refractivity (Wildman–Crippen MR) is 85.8 cm³/mol. The minimum atomic E-state index is 0.0408. The van der Waals surface area contributed by atoms with Crippen LogP contribution in [0.3, 0.4) is 0 Å². The summed E-state index contributed by atoms with van der Waals surface area (Å²) < 4.78 is 0. The molecule has 1 N–H and O–H groups in total. The third-order valence-electron chi connectivity index (χ3n) is 4.54. The third-order valence-corrected chi connectivity index (χ3v) is 4.54. The number of rotatable bonds is 2. The lowest BCUT2D eigenvalue weighted by molar-refractivity contribution is -0.133. The minimum absolute atomic E-state index is 0.0408. The van der Waals surface area contributed by atoms with Crippen LogP contribution >= 0.6 is 0 Å². The number of hydrogen-bond donors (Lipinski definition) is 1. The monoisotopic (exact) mass is 301 g/mol. The highest BCUT2D eigenvalue weighted by Crippen LogP contribution is 2.26. The highest BCUT2D eigenvalue weighted by atomic mass is 16.2. The molecule has 0 bridgehead atoms. The maximum Gasteiger partial charge on any atom is 0.242 e. The summed E-state index contributed by atoms with van der Waals surface area (Å²) in [6, 6.07) is 8.11. The highest BCUT2D eigenvalue weighted by molar-refractivity contribution is 5.99. The number of anilines is 1. The van der Waals surface area contributed by atoms with Gasteiger partial charge in [0.15, 0.2) is 0 Å². The topological polar surface area (TPSA) is 52.7 Å². The van der Waals surface area contributed by atoms with Crippen molar-refractivity contribution in [3.8, 4) is 0 Å². The first-order chi connectivity index (χ1) is 10.7. The van der Waals surface area contributed by atoms with E-state index in [0.29, 0.717) is 13.0 Å². The number of aryl methyl sites for hydroxylation is 1. The fourth-order valence-electron chi connectivity index (χ4n) is 3.30. The van der Waals surface area contributed by atoms with Crippen molar-refractivity contribution in [3.63, 3.8) is 0 Å². The van der Waals surface area contributed by atoms with Crippen molar-refractivity contribution >= 4 is 17.5 Å². The molecule has 1 saturated heterocycles. The molecule has 1 atom stereocenters. The van der Waals surface area contributed by atoms with Crippen LogP contribution in [0.1, 0.15) is 25.3 Å². The van der Waals surface area contributed by atoms with Gasteiger partial charge < -0.3 is 15.1 Å². The molecule has 5 heteroatoms. The van der Waals surface area contributed by atoms with E-state index >= 15 is 0 Å². The van der Waals surface area contributed by atoms with Crippen molar-refractivity contribution in [2.45, 2.75) is 32.2 Å². The fourth-order valence-corrected chi connectivity index (χ4v) is 3.30. The molecular formula is C17H23N3O2. The number of carbonyl (C=O) groups is 2. The van der Waals surface area contributed by atoms with E-state index in [1.54, 1.807) is 4.90 Å². The van der Waals surface area contributed by atoms with E-state index in [0.717, 1.165) is 37.2 Å². The van der Waals surface area contributed by atoms with Crippen molar-refractivity contribution in [2.75, 3.05) is 31.1 Å². The number of amides is 2.